The highest BCUT2D eigenvalue weighted by atomic mass is 16.3. The molecule has 3 rings (SSSR count). The van der Waals surface area contributed by atoms with Crippen molar-refractivity contribution in [3.05, 3.63) is 42.0 Å². The maximum atomic E-state index is 9.31. The van der Waals surface area contributed by atoms with Crippen LogP contribution in [0.2, 0.25) is 0 Å². The van der Waals surface area contributed by atoms with Gasteiger partial charge in [0.25, 0.3) is 0 Å². The highest BCUT2D eigenvalue weighted by molar-refractivity contribution is 5.80. The molecule has 1 fully saturated rings. The van der Waals surface area contributed by atoms with Crippen molar-refractivity contribution in [3.63, 3.8) is 0 Å². The van der Waals surface area contributed by atoms with Crippen LogP contribution in [0.1, 0.15) is 18.4 Å². The summed E-state index contributed by atoms with van der Waals surface area (Å²) in [6.45, 7) is 5.26. The van der Waals surface area contributed by atoms with E-state index < -0.39 is 0 Å². The van der Waals surface area contributed by atoms with Crippen molar-refractivity contribution in [2.24, 2.45) is 4.99 Å². The van der Waals surface area contributed by atoms with Crippen LogP contribution in [-0.2, 0) is 6.42 Å². The molecular weight excluding hydrogens is 300 g/mol. The van der Waals surface area contributed by atoms with E-state index in [9.17, 15) is 5.11 Å². The van der Waals surface area contributed by atoms with E-state index in [2.05, 4.69) is 32.3 Å². The van der Waals surface area contributed by atoms with Gasteiger partial charge in [-0.3, -0.25) is 9.89 Å². The number of aliphatic imine (C=N–C) groups is 1. The van der Waals surface area contributed by atoms with E-state index in [-0.39, 0.29) is 0 Å². The van der Waals surface area contributed by atoms with E-state index >= 15 is 0 Å². The summed E-state index contributed by atoms with van der Waals surface area (Å²) in [7, 11) is 1.87. The summed E-state index contributed by atoms with van der Waals surface area (Å²) >= 11 is 0. The second kappa shape index (κ2) is 8.20. The molecule has 1 aromatic carbocycles. The van der Waals surface area contributed by atoms with Gasteiger partial charge in [0.1, 0.15) is 5.75 Å². The Hall–Kier alpha value is -2.01. The van der Waals surface area contributed by atoms with E-state index in [1.807, 2.05) is 19.2 Å². The summed E-state index contributed by atoms with van der Waals surface area (Å²) in [4.78, 5) is 9.37. The normalized spacial score (nSPS) is 21.6. The predicted octanol–water partition coefficient (Wildman–Crippen LogP) is 1.85. The third-order valence-corrected chi connectivity index (χ3v) is 4.90. The molecule has 0 aliphatic carbocycles. The number of hydrogen-bond acceptors (Lipinski definition) is 3. The minimum atomic E-state index is 0.328. The first-order valence-corrected chi connectivity index (χ1v) is 8.89. The minimum Gasteiger partial charge on any atom is -0.508 e. The number of guanidine groups is 1. The Bertz CT molecular complexity index is 574. The Kier molecular flexibility index (Phi) is 5.75. The number of aromatic hydroxyl groups is 1. The van der Waals surface area contributed by atoms with Crippen molar-refractivity contribution >= 4 is 5.96 Å². The van der Waals surface area contributed by atoms with Crippen molar-refractivity contribution in [2.45, 2.75) is 25.3 Å². The SMILES string of the molecule is CN=C(NCCCc1ccc(O)cc1)N1CCC(N2CC=CC2)C1. The molecule has 1 unspecified atom stereocenters. The Balaban J connectivity index is 1.40. The first kappa shape index (κ1) is 16.8. The van der Waals surface area contributed by atoms with Crippen LogP contribution < -0.4 is 5.32 Å². The van der Waals surface area contributed by atoms with Crippen LogP contribution in [0, 0.1) is 0 Å². The molecule has 130 valence electrons. The minimum absolute atomic E-state index is 0.328. The molecule has 1 aromatic rings. The van der Waals surface area contributed by atoms with Crippen LogP contribution in [0.5, 0.6) is 5.75 Å². The van der Waals surface area contributed by atoms with E-state index in [0.717, 1.165) is 51.5 Å². The van der Waals surface area contributed by atoms with Crippen molar-refractivity contribution < 1.29 is 5.11 Å². The Morgan fingerprint density at radius 1 is 1.25 bits per heavy atom. The highest BCUT2D eigenvalue weighted by Crippen LogP contribution is 2.18. The number of phenols is 1. The Labute approximate surface area is 144 Å². The van der Waals surface area contributed by atoms with Crippen LogP contribution in [0.3, 0.4) is 0 Å². The van der Waals surface area contributed by atoms with E-state index in [1.165, 1.54) is 12.0 Å². The number of likely N-dealkylation sites (tertiary alicyclic amines) is 1. The van der Waals surface area contributed by atoms with E-state index in [4.69, 9.17) is 0 Å². The zero-order chi connectivity index (χ0) is 16.8. The molecule has 0 spiro atoms. The van der Waals surface area contributed by atoms with Crippen LogP contribution in [0.4, 0.5) is 0 Å². The molecule has 24 heavy (non-hydrogen) atoms. The molecule has 0 aromatic heterocycles. The molecule has 5 nitrogen and oxygen atoms in total. The second-order valence-electron chi connectivity index (χ2n) is 6.56. The molecule has 0 amide bonds. The molecule has 0 radical (unpaired) electrons. The monoisotopic (exact) mass is 328 g/mol. The molecule has 0 saturated carbocycles. The molecule has 1 saturated heterocycles. The number of nitrogens with one attached hydrogen (secondary N) is 1. The molecule has 2 aliphatic rings. The van der Waals surface area contributed by atoms with Gasteiger partial charge >= 0.3 is 0 Å². The lowest BCUT2D eigenvalue weighted by molar-refractivity contribution is 0.259. The van der Waals surface area contributed by atoms with Crippen LogP contribution >= 0.6 is 0 Å². The standard InChI is InChI=1S/C19H28N4O/c1-20-19(21-11-4-5-16-6-8-18(24)9-7-16)23-14-10-17(15-23)22-12-2-3-13-22/h2-3,6-9,17,24H,4-5,10-15H2,1H3,(H,20,21). The van der Waals surface area contributed by atoms with Crippen LogP contribution in [0.15, 0.2) is 41.4 Å². The number of hydrogen-bond donors (Lipinski definition) is 2. The zero-order valence-electron chi connectivity index (χ0n) is 14.5. The summed E-state index contributed by atoms with van der Waals surface area (Å²) in [6.07, 6.45) is 7.80. The number of rotatable bonds is 5. The number of benzene rings is 1. The van der Waals surface area contributed by atoms with Crippen LogP contribution in [-0.4, -0.2) is 66.7 Å². The fourth-order valence-electron chi connectivity index (χ4n) is 3.51. The van der Waals surface area contributed by atoms with Gasteiger partial charge in [-0.25, -0.2) is 0 Å². The molecular formula is C19H28N4O. The predicted molar refractivity (Wildman–Crippen MR) is 98.5 cm³/mol. The van der Waals surface area contributed by atoms with Gasteiger partial charge in [-0.05, 0) is 37.0 Å². The number of nitrogens with zero attached hydrogens (tertiary/aromatic N) is 3. The van der Waals surface area contributed by atoms with Crippen LogP contribution in [0.25, 0.3) is 0 Å². The summed E-state index contributed by atoms with van der Waals surface area (Å²) in [5, 5.41) is 12.8. The third kappa shape index (κ3) is 4.29. The fourth-order valence-corrected chi connectivity index (χ4v) is 3.51. The summed E-state index contributed by atoms with van der Waals surface area (Å²) in [5.74, 6) is 1.35. The zero-order valence-corrected chi connectivity index (χ0v) is 14.5. The summed E-state index contributed by atoms with van der Waals surface area (Å²) in [6, 6.07) is 8.12. The Morgan fingerprint density at radius 3 is 2.71 bits per heavy atom. The lowest BCUT2D eigenvalue weighted by atomic mass is 10.1. The van der Waals surface area contributed by atoms with E-state index in [0.29, 0.717) is 11.8 Å². The molecule has 2 N–H and O–H groups in total. The van der Waals surface area contributed by atoms with Gasteiger partial charge in [0.05, 0.1) is 0 Å². The number of phenolic OH excluding ortho intramolecular Hbond substituents is 1. The molecule has 5 heteroatoms. The van der Waals surface area contributed by atoms with Crippen molar-refractivity contribution in [1.29, 1.82) is 0 Å². The number of aryl methyl sites for hydroxylation is 1. The first-order chi connectivity index (χ1) is 11.8. The maximum absolute atomic E-state index is 9.31. The molecule has 0 bridgehead atoms. The lowest BCUT2D eigenvalue weighted by Gasteiger charge is -2.25. The Morgan fingerprint density at radius 2 is 2.00 bits per heavy atom. The summed E-state index contributed by atoms with van der Waals surface area (Å²) in [5.41, 5.74) is 1.26. The largest absolute Gasteiger partial charge is 0.508 e. The molecule has 2 heterocycles. The van der Waals surface area contributed by atoms with Gasteiger partial charge in [-0.1, -0.05) is 24.3 Å². The van der Waals surface area contributed by atoms with E-state index in [1.54, 1.807) is 12.1 Å². The second-order valence-corrected chi connectivity index (χ2v) is 6.56. The average molecular weight is 328 g/mol. The summed E-state index contributed by atoms with van der Waals surface area (Å²) < 4.78 is 0. The van der Waals surface area contributed by atoms with Gasteiger partial charge < -0.3 is 15.3 Å². The molecule has 1 atom stereocenters. The maximum Gasteiger partial charge on any atom is 0.193 e. The average Bonchev–Trinajstić information content (AvgIpc) is 3.28. The van der Waals surface area contributed by atoms with Gasteiger partial charge in [0.15, 0.2) is 5.96 Å². The fraction of sp³-hybridized carbons (Fsp3) is 0.526. The third-order valence-electron chi connectivity index (χ3n) is 4.90. The quantitative estimate of drug-likeness (QED) is 0.375. The first-order valence-electron chi connectivity index (χ1n) is 8.89. The van der Waals surface area contributed by atoms with Crippen molar-refractivity contribution in [2.75, 3.05) is 39.8 Å². The van der Waals surface area contributed by atoms with Gasteiger partial charge in [-0.15, -0.1) is 0 Å². The lowest BCUT2D eigenvalue weighted by Crippen LogP contribution is -2.43. The van der Waals surface area contributed by atoms with Gasteiger partial charge in [0, 0.05) is 45.8 Å². The highest BCUT2D eigenvalue weighted by Gasteiger charge is 2.29. The van der Waals surface area contributed by atoms with Crippen molar-refractivity contribution in [3.8, 4) is 5.75 Å². The van der Waals surface area contributed by atoms with Gasteiger partial charge in [-0.2, -0.15) is 0 Å². The van der Waals surface area contributed by atoms with Crippen molar-refractivity contribution in [1.82, 2.24) is 15.1 Å². The topological polar surface area (TPSA) is 51.1 Å². The van der Waals surface area contributed by atoms with Gasteiger partial charge in [0.2, 0.25) is 0 Å². The smallest absolute Gasteiger partial charge is 0.193 e. The molecule has 2 aliphatic heterocycles.